The van der Waals surface area contributed by atoms with Gasteiger partial charge in [-0.3, -0.25) is 9.59 Å². The fourth-order valence-electron chi connectivity index (χ4n) is 2.39. The second kappa shape index (κ2) is 6.69. The second-order valence-electron chi connectivity index (χ2n) is 5.22. The molecule has 0 saturated carbocycles. The first-order chi connectivity index (χ1) is 9.99. The zero-order valence-electron chi connectivity index (χ0n) is 12.2. The SMILES string of the molecule is CC(=O)Nc1ccc(C(=O)N2CC(C)OC(CO)C2)cc1. The van der Waals surface area contributed by atoms with Crippen LogP contribution in [0.5, 0.6) is 0 Å². The molecule has 0 bridgehead atoms. The van der Waals surface area contributed by atoms with Crippen molar-refractivity contribution in [1.82, 2.24) is 4.90 Å². The van der Waals surface area contributed by atoms with Crippen LogP contribution in [-0.4, -0.2) is 53.7 Å². The Balaban J connectivity index is 2.06. The van der Waals surface area contributed by atoms with Crippen LogP contribution in [-0.2, 0) is 9.53 Å². The van der Waals surface area contributed by atoms with Gasteiger partial charge in [0, 0.05) is 31.3 Å². The molecule has 0 aromatic heterocycles. The number of benzene rings is 1. The molecule has 0 aliphatic carbocycles. The Morgan fingerprint density at radius 2 is 2.00 bits per heavy atom. The van der Waals surface area contributed by atoms with Gasteiger partial charge in [0.25, 0.3) is 5.91 Å². The predicted octanol–water partition coefficient (Wildman–Crippen LogP) is 0.867. The normalized spacial score (nSPS) is 22.0. The number of morpholine rings is 1. The molecule has 0 radical (unpaired) electrons. The first kappa shape index (κ1) is 15.5. The van der Waals surface area contributed by atoms with E-state index < -0.39 is 0 Å². The largest absolute Gasteiger partial charge is 0.394 e. The molecule has 21 heavy (non-hydrogen) atoms. The predicted molar refractivity (Wildman–Crippen MR) is 78.1 cm³/mol. The molecule has 1 aromatic rings. The Kier molecular flexibility index (Phi) is 4.93. The Morgan fingerprint density at radius 3 is 2.57 bits per heavy atom. The van der Waals surface area contributed by atoms with E-state index in [1.807, 2.05) is 6.92 Å². The molecule has 2 atom stereocenters. The maximum atomic E-state index is 12.4. The zero-order valence-corrected chi connectivity index (χ0v) is 12.2. The molecule has 114 valence electrons. The van der Waals surface area contributed by atoms with Crippen LogP contribution in [0, 0.1) is 0 Å². The Labute approximate surface area is 123 Å². The third-order valence-electron chi connectivity index (χ3n) is 3.27. The van der Waals surface area contributed by atoms with Crippen molar-refractivity contribution in [3.8, 4) is 0 Å². The van der Waals surface area contributed by atoms with Crippen LogP contribution in [0.1, 0.15) is 24.2 Å². The highest BCUT2D eigenvalue weighted by atomic mass is 16.5. The summed E-state index contributed by atoms with van der Waals surface area (Å²) in [6, 6.07) is 6.76. The number of anilines is 1. The molecule has 6 heteroatoms. The van der Waals surface area contributed by atoms with Gasteiger partial charge in [0.15, 0.2) is 0 Å². The molecule has 2 amide bonds. The molecule has 1 aliphatic heterocycles. The molecule has 1 heterocycles. The highest BCUT2D eigenvalue weighted by Gasteiger charge is 2.28. The molecule has 2 N–H and O–H groups in total. The van der Waals surface area contributed by atoms with E-state index in [1.54, 1.807) is 29.2 Å². The summed E-state index contributed by atoms with van der Waals surface area (Å²) in [6.45, 7) is 4.09. The highest BCUT2D eigenvalue weighted by molar-refractivity contribution is 5.95. The lowest BCUT2D eigenvalue weighted by Crippen LogP contribution is -2.50. The van der Waals surface area contributed by atoms with Gasteiger partial charge >= 0.3 is 0 Å². The smallest absolute Gasteiger partial charge is 0.254 e. The van der Waals surface area contributed by atoms with Crippen LogP contribution in [0.2, 0.25) is 0 Å². The van der Waals surface area contributed by atoms with Crippen LogP contribution in [0.4, 0.5) is 5.69 Å². The monoisotopic (exact) mass is 292 g/mol. The number of carbonyl (C=O) groups excluding carboxylic acids is 2. The molecule has 0 spiro atoms. The van der Waals surface area contributed by atoms with Crippen LogP contribution >= 0.6 is 0 Å². The number of hydrogen-bond acceptors (Lipinski definition) is 4. The van der Waals surface area contributed by atoms with Crippen molar-refractivity contribution < 1.29 is 19.4 Å². The van der Waals surface area contributed by atoms with Crippen molar-refractivity contribution in [2.45, 2.75) is 26.1 Å². The lowest BCUT2D eigenvalue weighted by atomic mass is 10.1. The average Bonchev–Trinajstić information content (AvgIpc) is 2.46. The summed E-state index contributed by atoms with van der Waals surface area (Å²) in [5.41, 5.74) is 1.21. The molecule has 1 aromatic carbocycles. The lowest BCUT2D eigenvalue weighted by Gasteiger charge is -2.36. The lowest BCUT2D eigenvalue weighted by molar-refractivity contribution is -0.114. The van der Waals surface area contributed by atoms with Crippen molar-refractivity contribution in [3.63, 3.8) is 0 Å². The fraction of sp³-hybridized carbons (Fsp3) is 0.467. The maximum Gasteiger partial charge on any atom is 0.254 e. The summed E-state index contributed by atoms with van der Waals surface area (Å²) < 4.78 is 5.52. The summed E-state index contributed by atoms with van der Waals surface area (Å²) in [6.07, 6.45) is -0.435. The minimum atomic E-state index is -0.337. The summed E-state index contributed by atoms with van der Waals surface area (Å²) >= 11 is 0. The summed E-state index contributed by atoms with van der Waals surface area (Å²) in [5.74, 6) is -0.250. The fourth-order valence-corrected chi connectivity index (χ4v) is 2.39. The quantitative estimate of drug-likeness (QED) is 0.866. The molecule has 1 saturated heterocycles. The van der Waals surface area contributed by atoms with Gasteiger partial charge in [-0.25, -0.2) is 0 Å². The molecular weight excluding hydrogens is 272 g/mol. The number of nitrogens with zero attached hydrogens (tertiary/aromatic N) is 1. The number of ether oxygens (including phenoxy) is 1. The van der Waals surface area contributed by atoms with Gasteiger partial charge in [0.05, 0.1) is 18.8 Å². The van der Waals surface area contributed by atoms with E-state index >= 15 is 0 Å². The van der Waals surface area contributed by atoms with Gasteiger partial charge in [-0.2, -0.15) is 0 Å². The molecular formula is C15H20N2O4. The van der Waals surface area contributed by atoms with E-state index in [0.29, 0.717) is 24.3 Å². The number of rotatable bonds is 3. The molecule has 1 aliphatic rings. The van der Waals surface area contributed by atoms with Crippen LogP contribution in [0.25, 0.3) is 0 Å². The van der Waals surface area contributed by atoms with Crippen LogP contribution in [0.3, 0.4) is 0 Å². The third-order valence-corrected chi connectivity index (χ3v) is 3.27. The van der Waals surface area contributed by atoms with E-state index in [9.17, 15) is 14.7 Å². The van der Waals surface area contributed by atoms with E-state index in [4.69, 9.17) is 4.74 Å². The Bertz CT molecular complexity index is 515. The van der Waals surface area contributed by atoms with Crippen molar-refractivity contribution in [2.24, 2.45) is 0 Å². The Hall–Kier alpha value is -1.92. The van der Waals surface area contributed by atoms with Gasteiger partial charge in [0.1, 0.15) is 0 Å². The number of nitrogens with one attached hydrogen (secondary N) is 1. The number of amides is 2. The minimum absolute atomic E-state index is 0.0986. The summed E-state index contributed by atoms with van der Waals surface area (Å²) in [4.78, 5) is 25.1. The van der Waals surface area contributed by atoms with Gasteiger partial charge in [0.2, 0.25) is 5.91 Å². The second-order valence-corrected chi connectivity index (χ2v) is 5.22. The van der Waals surface area contributed by atoms with E-state index in [0.717, 1.165) is 0 Å². The average molecular weight is 292 g/mol. The molecule has 1 fully saturated rings. The van der Waals surface area contributed by atoms with Crippen LogP contribution < -0.4 is 5.32 Å². The van der Waals surface area contributed by atoms with E-state index in [2.05, 4.69) is 5.32 Å². The van der Waals surface area contributed by atoms with Crippen LogP contribution in [0.15, 0.2) is 24.3 Å². The number of hydrogen-bond donors (Lipinski definition) is 2. The number of aliphatic hydroxyl groups excluding tert-OH is 1. The first-order valence-electron chi connectivity index (χ1n) is 6.93. The third kappa shape index (κ3) is 4.03. The van der Waals surface area contributed by atoms with E-state index in [1.165, 1.54) is 6.92 Å². The first-order valence-corrected chi connectivity index (χ1v) is 6.93. The van der Waals surface area contributed by atoms with Crippen molar-refractivity contribution in [1.29, 1.82) is 0 Å². The molecule has 2 rings (SSSR count). The van der Waals surface area contributed by atoms with Crippen molar-refractivity contribution in [2.75, 3.05) is 25.0 Å². The number of aliphatic hydroxyl groups is 1. The van der Waals surface area contributed by atoms with Gasteiger partial charge in [-0.05, 0) is 31.2 Å². The molecule has 6 nitrogen and oxygen atoms in total. The Morgan fingerprint density at radius 1 is 1.33 bits per heavy atom. The summed E-state index contributed by atoms with van der Waals surface area (Å²) in [5, 5.41) is 11.9. The highest BCUT2D eigenvalue weighted by Crippen LogP contribution is 2.16. The number of carbonyl (C=O) groups is 2. The minimum Gasteiger partial charge on any atom is -0.394 e. The van der Waals surface area contributed by atoms with Gasteiger partial charge in [-0.15, -0.1) is 0 Å². The zero-order chi connectivity index (χ0) is 15.4. The maximum absolute atomic E-state index is 12.4. The topological polar surface area (TPSA) is 78.9 Å². The molecule has 2 unspecified atom stereocenters. The van der Waals surface area contributed by atoms with Gasteiger partial charge in [-0.1, -0.05) is 0 Å². The standard InChI is InChI=1S/C15H20N2O4/c1-10-7-17(8-14(9-18)21-10)15(20)12-3-5-13(6-4-12)16-11(2)19/h3-6,10,14,18H,7-9H2,1-2H3,(H,16,19). The van der Waals surface area contributed by atoms with E-state index in [-0.39, 0.29) is 30.6 Å². The van der Waals surface area contributed by atoms with Crippen molar-refractivity contribution in [3.05, 3.63) is 29.8 Å². The van der Waals surface area contributed by atoms with Crippen molar-refractivity contribution >= 4 is 17.5 Å². The summed E-state index contributed by atoms with van der Waals surface area (Å²) in [7, 11) is 0. The van der Waals surface area contributed by atoms with Gasteiger partial charge < -0.3 is 20.1 Å².